The molecule has 0 aromatic carbocycles. The maximum Gasteiger partial charge on any atom is 0.0386 e. The number of nitrogens with zero attached hydrogens (tertiary/aromatic N) is 1. The Morgan fingerprint density at radius 1 is 0.643 bits per heavy atom. The predicted molar refractivity (Wildman–Crippen MR) is 56.3 cm³/mol. The summed E-state index contributed by atoms with van der Waals surface area (Å²) in [6.07, 6.45) is 12.4. The average Bonchev–Trinajstić information content (AvgIpc) is 2.30. The van der Waals surface area contributed by atoms with E-state index in [1.165, 1.54) is 43.6 Å². The minimum atomic E-state index is 0.367. The van der Waals surface area contributed by atoms with Crippen LogP contribution in [0.4, 0.5) is 0 Å². The molecular formula is C12H22NO. The van der Waals surface area contributed by atoms with Crippen LogP contribution in [0.5, 0.6) is 0 Å². The van der Waals surface area contributed by atoms with Gasteiger partial charge >= 0.3 is 0 Å². The van der Waals surface area contributed by atoms with Crippen LogP contribution in [0.3, 0.4) is 0 Å². The Hall–Kier alpha value is -0.0800. The van der Waals surface area contributed by atoms with E-state index in [1.54, 1.807) is 0 Å². The molecule has 81 valence electrons. The maximum absolute atomic E-state index is 12.1. The molecule has 0 amide bonds. The van der Waals surface area contributed by atoms with Crippen molar-refractivity contribution in [1.82, 2.24) is 5.06 Å². The van der Waals surface area contributed by atoms with Gasteiger partial charge < -0.3 is 0 Å². The summed E-state index contributed by atoms with van der Waals surface area (Å²) in [7, 11) is 0. The minimum Gasteiger partial charge on any atom is -0.149 e. The standard InChI is InChI=1S/C12H22NO/c14-13(11-7-3-1-4-8-11)12-9-5-2-6-10-12/h11-12H,1-10H2. The third-order valence-corrected chi connectivity index (χ3v) is 3.87. The summed E-state index contributed by atoms with van der Waals surface area (Å²) in [5.41, 5.74) is 0. The van der Waals surface area contributed by atoms with Gasteiger partial charge in [-0.2, -0.15) is 0 Å². The monoisotopic (exact) mass is 196 g/mol. The fourth-order valence-electron chi connectivity index (χ4n) is 2.97. The normalized spacial score (nSPS) is 27.0. The van der Waals surface area contributed by atoms with Crippen LogP contribution >= 0.6 is 0 Å². The molecule has 0 atom stereocenters. The lowest BCUT2D eigenvalue weighted by Crippen LogP contribution is -2.41. The first-order chi connectivity index (χ1) is 6.88. The molecular weight excluding hydrogens is 174 g/mol. The molecule has 1 radical (unpaired) electrons. The molecule has 0 saturated heterocycles. The van der Waals surface area contributed by atoms with E-state index in [1.807, 2.05) is 0 Å². The predicted octanol–water partition coefficient (Wildman–Crippen LogP) is 3.30. The van der Waals surface area contributed by atoms with Crippen molar-refractivity contribution < 1.29 is 5.21 Å². The highest BCUT2D eigenvalue weighted by Crippen LogP contribution is 2.28. The summed E-state index contributed by atoms with van der Waals surface area (Å²) < 4.78 is 0. The first kappa shape index (κ1) is 10.4. The first-order valence-electron chi connectivity index (χ1n) is 6.33. The van der Waals surface area contributed by atoms with Gasteiger partial charge in [-0.05, 0) is 25.7 Å². The molecule has 14 heavy (non-hydrogen) atoms. The molecule has 0 aliphatic heterocycles. The second kappa shape index (κ2) is 5.13. The van der Waals surface area contributed by atoms with Gasteiger partial charge in [0.25, 0.3) is 0 Å². The number of rotatable bonds is 2. The molecule has 0 bridgehead atoms. The number of hydrogen-bond donors (Lipinski definition) is 0. The molecule has 0 unspecified atom stereocenters. The van der Waals surface area contributed by atoms with Crippen LogP contribution < -0.4 is 0 Å². The van der Waals surface area contributed by atoms with Crippen molar-refractivity contribution in [1.29, 1.82) is 0 Å². The van der Waals surface area contributed by atoms with Gasteiger partial charge in [0, 0.05) is 12.1 Å². The Balaban J connectivity index is 1.82. The van der Waals surface area contributed by atoms with E-state index in [0.717, 1.165) is 25.7 Å². The van der Waals surface area contributed by atoms with Crippen molar-refractivity contribution in [3.8, 4) is 0 Å². The van der Waals surface area contributed by atoms with E-state index in [9.17, 15) is 5.21 Å². The van der Waals surface area contributed by atoms with Gasteiger partial charge in [0.05, 0.1) is 0 Å². The third kappa shape index (κ3) is 2.48. The van der Waals surface area contributed by atoms with Crippen molar-refractivity contribution in [2.75, 3.05) is 0 Å². The van der Waals surface area contributed by atoms with E-state index in [4.69, 9.17) is 0 Å². The van der Waals surface area contributed by atoms with Gasteiger partial charge in [-0.25, -0.2) is 0 Å². The lowest BCUT2D eigenvalue weighted by molar-refractivity contribution is -0.226. The van der Waals surface area contributed by atoms with Crippen LogP contribution in [0.25, 0.3) is 0 Å². The molecule has 2 aliphatic carbocycles. The van der Waals surface area contributed by atoms with Crippen molar-refractivity contribution in [2.45, 2.75) is 76.3 Å². The molecule has 0 heterocycles. The quantitative estimate of drug-likeness (QED) is 0.621. The summed E-state index contributed by atoms with van der Waals surface area (Å²) >= 11 is 0. The SMILES string of the molecule is [O]N(C1CCCCC1)C1CCCCC1. The summed E-state index contributed by atoms with van der Waals surface area (Å²) in [5, 5.41) is 13.5. The summed E-state index contributed by atoms with van der Waals surface area (Å²) in [6.45, 7) is 0. The average molecular weight is 196 g/mol. The Morgan fingerprint density at radius 3 is 1.36 bits per heavy atom. The molecule has 2 saturated carbocycles. The highest BCUT2D eigenvalue weighted by atomic mass is 16.5. The largest absolute Gasteiger partial charge is 0.149 e. The van der Waals surface area contributed by atoms with E-state index < -0.39 is 0 Å². The van der Waals surface area contributed by atoms with Gasteiger partial charge in [-0.15, -0.1) is 10.3 Å². The van der Waals surface area contributed by atoms with Crippen LogP contribution in [-0.4, -0.2) is 17.1 Å². The van der Waals surface area contributed by atoms with Crippen LogP contribution in [0.15, 0.2) is 0 Å². The van der Waals surface area contributed by atoms with Crippen LogP contribution in [0, 0.1) is 0 Å². The molecule has 0 N–H and O–H groups in total. The lowest BCUT2D eigenvalue weighted by Gasteiger charge is -2.35. The Labute approximate surface area is 87.3 Å². The summed E-state index contributed by atoms with van der Waals surface area (Å²) in [6, 6.07) is 0.735. The topological polar surface area (TPSA) is 23.1 Å². The summed E-state index contributed by atoms with van der Waals surface area (Å²) in [4.78, 5) is 0. The molecule has 2 aliphatic rings. The van der Waals surface area contributed by atoms with E-state index in [-0.39, 0.29) is 0 Å². The molecule has 0 aromatic rings. The number of hydrogen-bond acceptors (Lipinski definition) is 1. The van der Waals surface area contributed by atoms with Crippen molar-refractivity contribution >= 4 is 0 Å². The van der Waals surface area contributed by atoms with Crippen molar-refractivity contribution in [3.63, 3.8) is 0 Å². The molecule has 2 rings (SSSR count). The smallest absolute Gasteiger partial charge is 0.0386 e. The van der Waals surface area contributed by atoms with Crippen LogP contribution in [0.2, 0.25) is 0 Å². The molecule has 2 fully saturated rings. The highest BCUT2D eigenvalue weighted by molar-refractivity contribution is 4.78. The van der Waals surface area contributed by atoms with E-state index in [2.05, 4.69) is 0 Å². The Morgan fingerprint density at radius 2 is 1.00 bits per heavy atom. The zero-order chi connectivity index (χ0) is 9.80. The fraction of sp³-hybridized carbons (Fsp3) is 1.00. The molecule has 2 heteroatoms. The van der Waals surface area contributed by atoms with Crippen LogP contribution in [0.1, 0.15) is 64.2 Å². The Kier molecular flexibility index (Phi) is 3.82. The maximum atomic E-state index is 12.1. The van der Waals surface area contributed by atoms with Gasteiger partial charge in [-0.3, -0.25) is 0 Å². The lowest BCUT2D eigenvalue weighted by atomic mass is 9.90. The number of hydroxylamine groups is 2. The van der Waals surface area contributed by atoms with Gasteiger partial charge in [0.2, 0.25) is 0 Å². The first-order valence-corrected chi connectivity index (χ1v) is 6.33. The van der Waals surface area contributed by atoms with Gasteiger partial charge in [0.15, 0.2) is 0 Å². The van der Waals surface area contributed by atoms with Crippen molar-refractivity contribution in [3.05, 3.63) is 0 Å². The molecule has 2 nitrogen and oxygen atoms in total. The molecule has 0 aromatic heterocycles. The second-order valence-corrected chi connectivity index (χ2v) is 4.94. The second-order valence-electron chi connectivity index (χ2n) is 4.94. The molecule has 0 spiro atoms. The third-order valence-electron chi connectivity index (χ3n) is 3.87. The fourth-order valence-corrected chi connectivity index (χ4v) is 2.97. The van der Waals surface area contributed by atoms with E-state index in [0.29, 0.717) is 12.1 Å². The zero-order valence-electron chi connectivity index (χ0n) is 9.08. The van der Waals surface area contributed by atoms with Gasteiger partial charge in [-0.1, -0.05) is 38.5 Å². The van der Waals surface area contributed by atoms with Crippen LogP contribution in [-0.2, 0) is 5.21 Å². The zero-order valence-corrected chi connectivity index (χ0v) is 9.08. The Bertz CT molecular complexity index is 142. The van der Waals surface area contributed by atoms with Gasteiger partial charge in [0.1, 0.15) is 0 Å². The summed E-state index contributed by atoms with van der Waals surface area (Å²) in [5.74, 6) is 0. The van der Waals surface area contributed by atoms with E-state index >= 15 is 0 Å². The van der Waals surface area contributed by atoms with Crippen molar-refractivity contribution in [2.24, 2.45) is 0 Å². The highest BCUT2D eigenvalue weighted by Gasteiger charge is 2.28. The minimum absolute atomic E-state index is 0.367.